The van der Waals surface area contributed by atoms with Crippen molar-refractivity contribution in [1.82, 2.24) is 9.97 Å². The average molecular weight is 312 g/mol. The molecular weight excluding hydrogens is 292 g/mol. The van der Waals surface area contributed by atoms with Crippen LogP contribution in [0.4, 0.5) is 11.5 Å². The number of nitrogens with zero attached hydrogens (tertiary/aromatic N) is 3. The van der Waals surface area contributed by atoms with Gasteiger partial charge in [0.25, 0.3) is 5.91 Å². The molecule has 1 fully saturated rings. The fourth-order valence-corrected chi connectivity index (χ4v) is 2.62. The number of aromatic nitrogens is 2. The molecule has 1 aliphatic heterocycles. The van der Waals surface area contributed by atoms with Crippen LogP contribution in [0.2, 0.25) is 0 Å². The molecule has 2 heterocycles. The van der Waals surface area contributed by atoms with Crippen molar-refractivity contribution in [2.45, 2.75) is 19.3 Å². The summed E-state index contributed by atoms with van der Waals surface area (Å²) in [6.07, 6.45) is 6.83. The van der Waals surface area contributed by atoms with Crippen molar-refractivity contribution < 1.29 is 9.53 Å². The fourth-order valence-electron chi connectivity index (χ4n) is 2.62. The van der Waals surface area contributed by atoms with E-state index in [1.54, 1.807) is 25.4 Å². The lowest BCUT2D eigenvalue weighted by atomic mass is 10.1. The second-order valence-electron chi connectivity index (χ2n) is 5.49. The smallest absolute Gasteiger partial charge is 0.275 e. The average Bonchev–Trinajstić information content (AvgIpc) is 2.63. The third-order valence-electron chi connectivity index (χ3n) is 3.88. The largest absolute Gasteiger partial charge is 0.497 e. The van der Waals surface area contributed by atoms with Gasteiger partial charge in [0, 0.05) is 24.8 Å². The number of piperidine rings is 1. The maximum atomic E-state index is 12.2. The molecular formula is C17H20N4O2. The summed E-state index contributed by atoms with van der Waals surface area (Å²) < 4.78 is 5.14. The van der Waals surface area contributed by atoms with Crippen LogP contribution in [0.1, 0.15) is 29.8 Å². The minimum atomic E-state index is -0.282. The van der Waals surface area contributed by atoms with E-state index in [4.69, 9.17) is 4.74 Å². The normalized spacial score (nSPS) is 14.4. The molecule has 0 bridgehead atoms. The van der Waals surface area contributed by atoms with Gasteiger partial charge < -0.3 is 15.0 Å². The van der Waals surface area contributed by atoms with Gasteiger partial charge in [0.2, 0.25) is 0 Å². The summed E-state index contributed by atoms with van der Waals surface area (Å²) in [5.74, 6) is 1.24. The van der Waals surface area contributed by atoms with Crippen molar-refractivity contribution in [3.8, 4) is 5.75 Å². The monoisotopic (exact) mass is 312 g/mol. The predicted molar refractivity (Wildman–Crippen MR) is 89.0 cm³/mol. The van der Waals surface area contributed by atoms with Crippen molar-refractivity contribution in [3.63, 3.8) is 0 Å². The Hall–Kier alpha value is -2.63. The zero-order valence-electron chi connectivity index (χ0n) is 13.2. The van der Waals surface area contributed by atoms with Gasteiger partial charge in [-0.15, -0.1) is 0 Å². The Morgan fingerprint density at radius 3 is 2.70 bits per heavy atom. The maximum absolute atomic E-state index is 12.2. The van der Waals surface area contributed by atoms with Gasteiger partial charge in [-0.1, -0.05) is 6.07 Å². The Morgan fingerprint density at radius 2 is 2.00 bits per heavy atom. The first-order valence-corrected chi connectivity index (χ1v) is 7.78. The van der Waals surface area contributed by atoms with Crippen molar-refractivity contribution in [3.05, 3.63) is 42.4 Å². The summed E-state index contributed by atoms with van der Waals surface area (Å²) in [6.45, 7) is 2.01. The number of rotatable bonds is 4. The van der Waals surface area contributed by atoms with Crippen LogP contribution in [0.3, 0.4) is 0 Å². The predicted octanol–water partition coefficient (Wildman–Crippen LogP) is 2.73. The Morgan fingerprint density at radius 1 is 1.17 bits per heavy atom. The highest BCUT2D eigenvalue weighted by Gasteiger charge is 2.14. The van der Waals surface area contributed by atoms with E-state index in [1.807, 2.05) is 12.1 Å². The van der Waals surface area contributed by atoms with Crippen LogP contribution in [0.25, 0.3) is 0 Å². The third kappa shape index (κ3) is 3.77. The highest BCUT2D eigenvalue weighted by atomic mass is 16.5. The molecule has 3 rings (SSSR count). The van der Waals surface area contributed by atoms with Gasteiger partial charge in [0.15, 0.2) is 0 Å². The second kappa shape index (κ2) is 7.09. The summed E-state index contributed by atoms with van der Waals surface area (Å²) in [5.41, 5.74) is 0.963. The van der Waals surface area contributed by atoms with Crippen molar-refractivity contribution >= 4 is 17.4 Å². The number of carbonyl (C=O) groups excluding carboxylic acids is 1. The molecule has 0 saturated carbocycles. The lowest BCUT2D eigenvalue weighted by molar-refractivity contribution is 0.102. The van der Waals surface area contributed by atoms with Crippen molar-refractivity contribution in [1.29, 1.82) is 0 Å². The Bertz CT molecular complexity index is 667. The number of methoxy groups -OCH3 is 1. The van der Waals surface area contributed by atoms with Crippen LogP contribution in [-0.2, 0) is 0 Å². The van der Waals surface area contributed by atoms with Crippen LogP contribution in [0.15, 0.2) is 36.7 Å². The summed E-state index contributed by atoms with van der Waals surface area (Å²) in [6, 6.07) is 7.20. The molecule has 120 valence electrons. The molecule has 6 nitrogen and oxygen atoms in total. The first kappa shape index (κ1) is 15.3. The standard InChI is InChI=1S/C17H20N4O2/c1-23-14-7-5-6-13(10-14)20-17(22)15-11-19-16(12-18-15)21-8-3-2-4-9-21/h5-7,10-12H,2-4,8-9H2,1H3,(H,20,22). The molecule has 1 aromatic heterocycles. The maximum Gasteiger partial charge on any atom is 0.275 e. The molecule has 1 saturated heterocycles. The van der Waals surface area contributed by atoms with Gasteiger partial charge >= 0.3 is 0 Å². The number of ether oxygens (including phenoxy) is 1. The van der Waals surface area contributed by atoms with Crippen molar-refractivity contribution in [2.24, 2.45) is 0 Å². The van der Waals surface area contributed by atoms with Gasteiger partial charge in [-0.05, 0) is 31.4 Å². The van der Waals surface area contributed by atoms with Crippen LogP contribution >= 0.6 is 0 Å². The van der Waals surface area contributed by atoms with E-state index in [9.17, 15) is 4.79 Å². The number of benzene rings is 1. The summed E-state index contributed by atoms with van der Waals surface area (Å²) in [7, 11) is 1.59. The number of amides is 1. The van der Waals surface area contributed by atoms with Crippen LogP contribution in [-0.4, -0.2) is 36.1 Å². The lowest BCUT2D eigenvalue weighted by Gasteiger charge is -2.27. The minimum Gasteiger partial charge on any atom is -0.497 e. The van der Waals surface area contributed by atoms with E-state index in [0.717, 1.165) is 18.9 Å². The highest BCUT2D eigenvalue weighted by molar-refractivity contribution is 6.02. The third-order valence-corrected chi connectivity index (χ3v) is 3.88. The number of hydrogen-bond donors (Lipinski definition) is 1. The van der Waals surface area contributed by atoms with Gasteiger partial charge in [-0.2, -0.15) is 0 Å². The second-order valence-corrected chi connectivity index (χ2v) is 5.49. The molecule has 2 aromatic rings. The molecule has 1 aliphatic rings. The Balaban J connectivity index is 1.67. The molecule has 0 unspecified atom stereocenters. The summed E-state index contributed by atoms with van der Waals surface area (Å²) in [5, 5.41) is 2.80. The molecule has 1 N–H and O–H groups in total. The number of hydrogen-bond acceptors (Lipinski definition) is 5. The molecule has 0 atom stereocenters. The highest BCUT2D eigenvalue weighted by Crippen LogP contribution is 2.18. The van der Waals surface area contributed by atoms with Gasteiger partial charge in [0.1, 0.15) is 17.3 Å². The van der Waals surface area contributed by atoms with E-state index < -0.39 is 0 Å². The van der Waals surface area contributed by atoms with E-state index in [0.29, 0.717) is 17.1 Å². The van der Waals surface area contributed by atoms with Crippen LogP contribution in [0.5, 0.6) is 5.75 Å². The fraction of sp³-hybridized carbons (Fsp3) is 0.353. The number of carbonyl (C=O) groups is 1. The Kier molecular flexibility index (Phi) is 4.71. The molecule has 0 radical (unpaired) electrons. The number of anilines is 2. The molecule has 6 heteroatoms. The van der Waals surface area contributed by atoms with Crippen LogP contribution < -0.4 is 15.0 Å². The number of nitrogens with one attached hydrogen (secondary N) is 1. The topological polar surface area (TPSA) is 67.3 Å². The van der Waals surface area contributed by atoms with Crippen LogP contribution in [0, 0.1) is 0 Å². The quantitative estimate of drug-likeness (QED) is 0.940. The molecule has 1 amide bonds. The summed E-state index contributed by atoms with van der Waals surface area (Å²) >= 11 is 0. The Labute approximate surface area is 135 Å². The molecule has 0 aliphatic carbocycles. The van der Waals surface area contributed by atoms with E-state index in [1.165, 1.54) is 25.5 Å². The first-order chi connectivity index (χ1) is 11.3. The molecule has 1 aromatic carbocycles. The van der Waals surface area contributed by atoms with Crippen molar-refractivity contribution in [2.75, 3.05) is 30.4 Å². The van der Waals surface area contributed by atoms with E-state index in [-0.39, 0.29) is 5.91 Å². The zero-order chi connectivity index (χ0) is 16.1. The zero-order valence-corrected chi connectivity index (χ0v) is 13.2. The lowest BCUT2D eigenvalue weighted by Crippen LogP contribution is -2.30. The minimum absolute atomic E-state index is 0.282. The van der Waals surface area contributed by atoms with E-state index >= 15 is 0 Å². The van der Waals surface area contributed by atoms with Gasteiger partial charge in [-0.3, -0.25) is 4.79 Å². The van der Waals surface area contributed by atoms with Gasteiger partial charge in [0.05, 0.1) is 19.5 Å². The first-order valence-electron chi connectivity index (χ1n) is 7.78. The van der Waals surface area contributed by atoms with Gasteiger partial charge in [-0.25, -0.2) is 9.97 Å². The molecule has 23 heavy (non-hydrogen) atoms. The van der Waals surface area contributed by atoms with E-state index in [2.05, 4.69) is 20.2 Å². The molecule has 0 spiro atoms. The summed E-state index contributed by atoms with van der Waals surface area (Å²) in [4.78, 5) is 23.1. The SMILES string of the molecule is COc1cccc(NC(=O)c2cnc(N3CCCCC3)cn2)c1.